The van der Waals surface area contributed by atoms with E-state index in [1.165, 1.54) is 13.1 Å². The van der Waals surface area contributed by atoms with Crippen LogP contribution in [0.15, 0.2) is 51.8 Å². The van der Waals surface area contributed by atoms with Crippen molar-refractivity contribution in [1.29, 1.82) is 0 Å². The molecule has 0 atom stereocenters. The molecule has 0 spiro atoms. The van der Waals surface area contributed by atoms with Gasteiger partial charge in [-0.1, -0.05) is 39.7 Å². The molecule has 0 saturated carbocycles. The quantitative estimate of drug-likeness (QED) is 0.787. The third kappa shape index (κ3) is 3.83. The van der Waals surface area contributed by atoms with Crippen molar-refractivity contribution in [2.45, 2.75) is 11.4 Å². The molecule has 0 saturated heterocycles. The Labute approximate surface area is 136 Å². The first kappa shape index (κ1) is 16.4. The zero-order valence-corrected chi connectivity index (χ0v) is 14.2. The van der Waals surface area contributed by atoms with Crippen LogP contribution in [0.2, 0.25) is 5.02 Å². The Bertz CT molecular complexity index is 767. The molecule has 21 heavy (non-hydrogen) atoms. The third-order valence-corrected chi connectivity index (χ3v) is 5.65. The van der Waals surface area contributed by atoms with E-state index in [1.54, 1.807) is 0 Å². The van der Waals surface area contributed by atoms with Gasteiger partial charge in [0.2, 0.25) is 10.0 Å². The van der Waals surface area contributed by atoms with E-state index in [4.69, 9.17) is 11.6 Å². The highest BCUT2D eigenvalue weighted by Gasteiger charge is 2.24. The second-order valence-electron chi connectivity index (χ2n) is 4.47. The van der Waals surface area contributed by atoms with Crippen LogP contribution in [0.1, 0.15) is 5.56 Å². The fourth-order valence-corrected chi connectivity index (χ4v) is 3.91. The first-order chi connectivity index (χ1) is 9.80. The van der Waals surface area contributed by atoms with Gasteiger partial charge in [0.15, 0.2) is 0 Å². The molecule has 0 aromatic heterocycles. The van der Waals surface area contributed by atoms with E-state index >= 15 is 0 Å². The number of halogens is 3. The van der Waals surface area contributed by atoms with Crippen LogP contribution < -0.4 is 0 Å². The topological polar surface area (TPSA) is 37.4 Å². The second-order valence-corrected chi connectivity index (χ2v) is 7.80. The summed E-state index contributed by atoms with van der Waals surface area (Å²) in [6.45, 7) is 0.161. The minimum Gasteiger partial charge on any atom is -0.207 e. The molecule has 0 bridgehead atoms. The van der Waals surface area contributed by atoms with E-state index in [9.17, 15) is 12.8 Å². The standard InChI is InChI=1S/C14H12BrClFNO2S/c1-18(9-10-3-2-4-11(15)7-10)21(19,20)14-8-12(17)5-6-13(14)16/h2-8H,9H2,1H3. The molecule has 2 aromatic rings. The fraction of sp³-hybridized carbons (Fsp3) is 0.143. The second kappa shape index (κ2) is 6.44. The molecule has 0 radical (unpaired) electrons. The van der Waals surface area contributed by atoms with Crippen molar-refractivity contribution >= 4 is 37.6 Å². The summed E-state index contributed by atoms with van der Waals surface area (Å²) in [5.74, 6) is -0.645. The van der Waals surface area contributed by atoms with Crippen molar-refractivity contribution in [1.82, 2.24) is 4.31 Å². The van der Waals surface area contributed by atoms with Crippen molar-refractivity contribution < 1.29 is 12.8 Å². The van der Waals surface area contributed by atoms with Gasteiger partial charge in [-0.15, -0.1) is 0 Å². The molecule has 0 aliphatic heterocycles. The predicted molar refractivity (Wildman–Crippen MR) is 84.2 cm³/mol. The Morgan fingerprint density at radius 1 is 1.24 bits per heavy atom. The van der Waals surface area contributed by atoms with Gasteiger partial charge in [-0.3, -0.25) is 0 Å². The molecule has 112 valence electrons. The van der Waals surface area contributed by atoms with E-state index in [0.717, 1.165) is 26.5 Å². The van der Waals surface area contributed by atoms with Crippen LogP contribution >= 0.6 is 27.5 Å². The molecule has 0 heterocycles. The van der Waals surface area contributed by atoms with Gasteiger partial charge < -0.3 is 0 Å². The van der Waals surface area contributed by atoms with Gasteiger partial charge in [0.05, 0.1) is 5.02 Å². The molecule has 2 aromatic carbocycles. The zero-order chi connectivity index (χ0) is 15.6. The van der Waals surface area contributed by atoms with Gasteiger partial charge in [-0.05, 0) is 35.9 Å². The van der Waals surface area contributed by atoms with Crippen molar-refractivity contribution in [3.63, 3.8) is 0 Å². The van der Waals surface area contributed by atoms with E-state index in [1.807, 2.05) is 24.3 Å². The molecule has 7 heteroatoms. The van der Waals surface area contributed by atoms with Crippen LogP contribution in [0.3, 0.4) is 0 Å². The molecule has 2 rings (SSSR count). The number of hydrogen-bond donors (Lipinski definition) is 0. The first-order valence-electron chi connectivity index (χ1n) is 5.96. The lowest BCUT2D eigenvalue weighted by Crippen LogP contribution is -2.26. The van der Waals surface area contributed by atoms with Crippen molar-refractivity contribution in [2.75, 3.05) is 7.05 Å². The predicted octanol–water partition coefficient (Wildman–Crippen LogP) is 4.06. The van der Waals surface area contributed by atoms with Gasteiger partial charge in [-0.25, -0.2) is 12.8 Å². The Morgan fingerprint density at radius 3 is 2.62 bits per heavy atom. The molecule has 3 nitrogen and oxygen atoms in total. The highest BCUT2D eigenvalue weighted by Crippen LogP contribution is 2.26. The number of hydrogen-bond acceptors (Lipinski definition) is 2. The highest BCUT2D eigenvalue weighted by molar-refractivity contribution is 9.10. The largest absolute Gasteiger partial charge is 0.244 e. The lowest BCUT2D eigenvalue weighted by atomic mass is 10.2. The third-order valence-electron chi connectivity index (χ3n) is 2.88. The van der Waals surface area contributed by atoms with Crippen LogP contribution in [0.25, 0.3) is 0 Å². The molecule has 0 aliphatic rings. The molecule has 0 fully saturated rings. The summed E-state index contributed by atoms with van der Waals surface area (Å²) in [5, 5.41) is -0.00232. The van der Waals surface area contributed by atoms with Crippen LogP contribution in [0.5, 0.6) is 0 Å². The lowest BCUT2D eigenvalue weighted by Gasteiger charge is -2.18. The molecule has 0 amide bonds. The SMILES string of the molecule is CN(Cc1cccc(Br)c1)S(=O)(=O)c1cc(F)ccc1Cl. The number of nitrogens with zero attached hydrogens (tertiary/aromatic N) is 1. The van der Waals surface area contributed by atoms with Crippen LogP contribution in [0, 0.1) is 5.82 Å². The average molecular weight is 393 g/mol. The first-order valence-corrected chi connectivity index (χ1v) is 8.57. The molecule has 0 aliphatic carbocycles. The Kier molecular flexibility index (Phi) is 5.03. The maximum atomic E-state index is 13.3. The van der Waals surface area contributed by atoms with Crippen molar-refractivity contribution in [2.24, 2.45) is 0 Å². The fourth-order valence-electron chi connectivity index (χ4n) is 1.82. The Hall–Kier alpha value is -0.950. The van der Waals surface area contributed by atoms with Gasteiger partial charge in [-0.2, -0.15) is 4.31 Å². The maximum absolute atomic E-state index is 13.3. The maximum Gasteiger partial charge on any atom is 0.244 e. The van der Waals surface area contributed by atoms with Gasteiger partial charge in [0.1, 0.15) is 10.7 Å². The van der Waals surface area contributed by atoms with E-state index < -0.39 is 15.8 Å². The number of benzene rings is 2. The number of rotatable bonds is 4. The highest BCUT2D eigenvalue weighted by atomic mass is 79.9. The molecule has 0 unspecified atom stereocenters. The summed E-state index contributed by atoms with van der Waals surface area (Å²) in [6, 6.07) is 10.6. The summed E-state index contributed by atoms with van der Waals surface area (Å²) < 4.78 is 40.2. The van der Waals surface area contributed by atoms with E-state index in [2.05, 4.69) is 15.9 Å². The summed E-state index contributed by atoms with van der Waals surface area (Å²) in [5.41, 5.74) is 0.808. The summed E-state index contributed by atoms with van der Waals surface area (Å²) in [6.07, 6.45) is 0. The minimum atomic E-state index is -3.86. The molecule has 0 N–H and O–H groups in total. The van der Waals surface area contributed by atoms with Crippen LogP contribution in [0.4, 0.5) is 4.39 Å². The minimum absolute atomic E-state index is 0.00232. The summed E-state index contributed by atoms with van der Waals surface area (Å²) >= 11 is 9.20. The molecular weight excluding hydrogens is 381 g/mol. The van der Waals surface area contributed by atoms with Crippen LogP contribution in [-0.4, -0.2) is 19.8 Å². The van der Waals surface area contributed by atoms with Gasteiger partial charge >= 0.3 is 0 Å². The van der Waals surface area contributed by atoms with Crippen molar-refractivity contribution in [3.8, 4) is 0 Å². The number of sulfonamides is 1. The normalized spacial score (nSPS) is 11.9. The van der Waals surface area contributed by atoms with Gasteiger partial charge in [0, 0.05) is 18.1 Å². The van der Waals surface area contributed by atoms with Gasteiger partial charge in [0.25, 0.3) is 0 Å². The van der Waals surface area contributed by atoms with E-state index in [-0.39, 0.29) is 16.5 Å². The molecular formula is C14H12BrClFNO2S. The van der Waals surface area contributed by atoms with Crippen molar-refractivity contribution in [3.05, 3.63) is 63.3 Å². The summed E-state index contributed by atoms with van der Waals surface area (Å²) in [7, 11) is -2.43. The smallest absolute Gasteiger partial charge is 0.207 e. The van der Waals surface area contributed by atoms with Crippen LogP contribution in [-0.2, 0) is 16.6 Å². The van der Waals surface area contributed by atoms with E-state index in [0.29, 0.717) is 0 Å². The summed E-state index contributed by atoms with van der Waals surface area (Å²) in [4.78, 5) is -0.235. The monoisotopic (exact) mass is 391 g/mol. The zero-order valence-electron chi connectivity index (χ0n) is 11.1. The lowest BCUT2D eigenvalue weighted by molar-refractivity contribution is 0.466. The Balaban J connectivity index is 2.33. The Morgan fingerprint density at radius 2 is 1.95 bits per heavy atom. The average Bonchev–Trinajstić information content (AvgIpc) is 2.41.